The van der Waals surface area contributed by atoms with E-state index in [-0.39, 0.29) is 5.56 Å². The van der Waals surface area contributed by atoms with Crippen molar-refractivity contribution in [2.45, 2.75) is 33.6 Å². The molecule has 2 nitrogen and oxygen atoms in total. The number of esters is 1. The maximum Gasteiger partial charge on any atom is 0.341 e. The van der Waals surface area contributed by atoms with Crippen LogP contribution in [0.3, 0.4) is 0 Å². The van der Waals surface area contributed by atoms with Gasteiger partial charge in [0.05, 0.1) is 12.2 Å². The first-order valence-electron chi connectivity index (χ1n) is 5.98. The minimum Gasteiger partial charge on any atom is -0.462 e. The zero-order valence-corrected chi connectivity index (χ0v) is 10.6. The fourth-order valence-corrected chi connectivity index (χ4v) is 1.68. The fraction of sp³-hybridized carbons (Fsp3) is 0.500. The molecule has 3 heteroatoms. The van der Waals surface area contributed by atoms with E-state index < -0.39 is 11.8 Å². The minimum atomic E-state index is -0.575. The van der Waals surface area contributed by atoms with Crippen molar-refractivity contribution in [3.05, 3.63) is 35.1 Å². The standard InChI is InChI=1S/C14H19FO2/c1-4-6-10(2)9-17-14(16)12-8-5-7-11(3)13(12)15/h5,7-8,10H,4,6,9H2,1-3H3. The molecule has 0 aliphatic heterocycles. The number of carbonyl (C=O) groups excluding carboxylic acids is 1. The first-order valence-corrected chi connectivity index (χ1v) is 5.98. The van der Waals surface area contributed by atoms with Gasteiger partial charge in [-0.3, -0.25) is 0 Å². The first-order chi connectivity index (χ1) is 8.06. The van der Waals surface area contributed by atoms with E-state index in [4.69, 9.17) is 4.74 Å². The van der Waals surface area contributed by atoms with Crippen LogP contribution in [-0.2, 0) is 4.74 Å². The van der Waals surface area contributed by atoms with E-state index in [9.17, 15) is 9.18 Å². The summed E-state index contributed by atoms with van der Waals surface area (Å²) in [5.41, 5.74) is 0.481. The molecule has 1 unspecified atom stereocenters. The van der Waals surface area contributed by atoms with Crippen molar-refractivity contribution in [1.82, 2.24) is 0 Å². The molecule has 0 spiro atoms. The Hall–Kier alpha value is -1.38. The zero-order valence-electron chi connectivity index (χ0n) is 10.6. The molecule has 1 rings (SSSR count). The highest BCUT2D eigenvalue weighted by atomic mass is 19.1. The van der Waals surface area contributed by atoms with Crippen LogP contribution in [0.4, 0.5) is 4.39 Å². The van der Waals surface area contributed by atoms with Crippen LogP contribution in [0.5, 0.6) is 0 Å². The maximum absolute atomic E-state index is 13.6. The summed E-state index contributed by atoms with van der Waals surface area (Å²) in [4.78, 5) is 11.7. The van der Waals surface area contributed by atoms with Crippen molar-refractivity contribution in [2.24, 2.45) is 5.92 Å². The Morgan fingerprint density at radius 3 is 2.82 bits per heavy atom. The Balaban J connectivity index is 2.61. The highest BCUT2D eigenvalue weighted by molar-refractivity contribution is 5.89. The van der Waals surface area contributed by atoms with Crippen LogP contribution in [0, 0.1) is 18.7 Å². The molecule has 0 aliphatic carbocycles. The largest absolute Gasteiger partial charge is 0.462 e. The molecule has 0 amide bonds. The summed E-state index contributed by atoms with van der Waals surface area (Å²) in [6.07, 6.45) is 2.06. The molecule has 0 saturated carbocycles. The van der Waals surface area contributed by atoms with E-state index in [0.717, 1.165) is 12.8 Å². The van der Waals surface area contributed by atoms with Crippen LogP contribution in [-0.4, -0.2) is 12.6 Å². The van der Waals surface area contributed by atoms with Gasteiger partial charge in [-0.05, 0) is 30.9 Å². The number of rotatable bonds is 5. The number of carbonyl (C=O) groups is 1. The smallest absolute Gasteiger partial charge is 0.341 e. The number of hydrogen-bond donors (Lipinski definition) is 0. The molecule has 0 N–H and O–H groups in total. The van der Waals surface area contributed by atoms with Gasteiger partial charge >= 0.3 is 5.97 Å². The van der Waals surface area contributed by atoms with Gasteiger partial charge in [0.25, 0.3) is 0 Å². The summed E-state index contributed by atoms with van der Waals surface area (Å²) in [6.45, 7) is 6.08. The lowest BCUT2D eigenvalue weighted by Crippen LogP contribution is -2.13. The van der Waals surface area contributed by atoms with Gasteiger partial charge in [-0.25, -0.2) is 9.18 Å². The molecule has 1 atom stereocenters. The van der Waals surface area contributed by atoms with E-state index >= 15 is 0 Å². The summed E-state index contributed by atoms with van der Waals surface area (Å²) in [6, 6.07) is 4.74. The monoisotopic (exact) mass is 238 g/mol. The summed E-state index contributed by atoms with van der Waals surface area (Å²) >= 11 is 0. The molecule has 17 heavy (non-hydrogen) atoms. The maximum atomic E-state index is 13.6. The fourth-order valence-electron chi connectivity index (χ4n) is 1.68. The second-order valence-electron chi connectivity index (χ2n) is 4.43. The van der Waals surface area contributed by atoms with E-state index in [1.807, 2.05) is 6.92 Å². The lowest BCUT2D eigenvalue weighted by Gasteiger charge is -2.11. The lowest BCUT2D eigenvalue weighted by molar-refractivity contribution is 0.0438. The average molecular weight is 238 g/mol. The first kappa shape index (κ1) is 13.7. The van der Waals surface area contributed by atoms with Gasteiger partial charge in [0.2, 0.25) is 0 Å². The van der Waals surface area contributed by atoms with Crippen molar-refractivity contribution in [3.63, 3.8) is 0 Å². The number of ether oxygens (including phenoxy) is 1. The third kappa shape index (κ3) is 3.84. The Morgan fingerprint density at radius 2 is 2.18 bits per heavy atom. The van der Waals surface area contributed by atoms with Crippen LogP contribution in [0.2, 0.25) is 0 Å². The number of halogens is 1. The van der Waals surface area contributed by atoms with Gasteiger partial charge in [0, 0.05) is 0 Å². The third-order valence-corrected chi connectivity index (χ3v) is 2.69. The normalized spacial score (nSPS) is 12.2. The molecule has 94 valence electrons. The van der Waals surface area contributed by atoms with Crippen molar-refractivity contribution < 1.29 is 13.9 Å². The molecule has 0 saturated heterocycles. The molecule has 0 aromatic heterocycles. The van der Waals surface area contributed by atoms with Gasteiger partial charge in [0.15, 0.2) is 0 Å². The molecular formula is C14H19FO2. The van der Waals surface area contributed by atoms with Crippen LogP contribution < -0.4 is 0 Å². The molecule has 0 bridgehead atoms. The summed E-state index contributed by atoms with van der Waals surface area (Å²) < 4.78 is 18.7. The molecule has 1 aromatic carbocycles. The predicted octanol–water partition coefficient (Wildman–Crippen LogP) is 3.73. The number of benzene rings is 1. The van der Waals surface area contributed by atoms with E-state index in [1.165, 1.54) is 6.07 Å². The quantitative estimate of drug-likeness (QED) is 0.731. The third-order valence-electron chi connectivity index (χ3n) is 2.69. The van der Waals surface area contributed by atoms with Crippen molar-refractivity contribution >= 4 is 5.97 Å². The van der Waals surface area contributed by atoms with Crippen molar-refractivity contribution in [2.75, 3.05) is 6.61 Å². The molecule has 0 radical (unpaired) electrons. The highest BCUT2D eigenvalue weighted by Crippen LogP contribution is 2.14. The van der Waals surface area contributed by atoms with Crippen LogP contribution in [0.1, 0.15) is 42.6 Å². The summed E-state index contributed by atoms with van der Waals surface area (Å²) in [5, 5.41) is 0. The van der Waals surface area contributed by atoms with Gasteiger partial charge in [-0.2, -0.15) is 0 Å². The molecule has 1 aromatic rings. The lowest BCUT2D eigenvalue weighted by atomic mass is 10.1. The van der Waals surface area contributed by atoms with Gasteiger partial charge in [-0.1, -0.05) is 32.4 Å². The second kappa shape index (κ2) is 6.38. The molecular weight excluding hydrogens is 219 g/mol. The summed E-state index contributed by atoms with van der Waals surface area (Å²) in [7, 11) is 0. The topological polar surface area (TPSA) is 26.3 Å². The minimum absolute atomic E-state index is 0.0219. The highest BCUT2D eigenvalue weighted by Gasteiger charge is 2.15. The Morgan fingerprint density at radius 1 is 1.47 bits per heavy atom. The Bertz CT molecular complexity index is 388. The van der Waals surface area contributed by atoms with Gasteiger partial charge in [0.1, 0.15) is 5.82 Å². The van der Waals surface area contributed by atoms with Crippen molar-refractivity contribution in [1.29, 1.82) is 0 Å². The van der Waals surface area contributed by atoms with Crippen LogP contribution in [0.15, 0.2) is 18.2 Å². The number of hydrogen-bond acceptors (Lipinski definition) is 2. The Kier molecular flexibility index (Phi) is 5.13. The molecule has 0 aliphatic rings. The zero-order chi connectivity index (χ0) is 12.8. The average Bonchev–Trinajstić information content (AvgIpc) is 2.30. The summed E-state index contributed by atoms with van der Waals surface area (Å²) in [5.74, 6) is -0.744. The van der Waals surface area contributed by atoms with Crippen molar-refractivity contribution in [3.8, 4) is 0 Å². The Labute approximate surface area is 102 Å². The molecule has 0 fully saturated rings. The second-order valence-corrected chi connectivity index (χ2v) is 4.43. The molecule has 0 heterocycles. The van der Waals surface area contributed by atoms with E-state index in [0.29, 0.717) is 18.1 Å². The van der Waals surface area contributed by atoms with E-state index in [1.54, 1.807) is 19.1 Å². The predicted molar refractivity (Wildman–Crippen MR) is 65.5 cm³/mol. The van der Waals surface area contributed by atoms with Gasteiger partial charge in [-0.15, -0.1) is 0 Å². The van der Waals surface area contributed by atoms with Crippen LogP contribution >= 0.6 is 0 Å². The SMILES string of the molecule is CCCC(C)COC(=O)c1cccc(C)c1F. The number of aryl methyl sites for hydroxylation is 1. The van der Waals surface area contributed by atoms with Gasteiger partial charge < -0.3 is 4.74 Å². The van der Waals surface area contributed by atoms with E-state index in [2.05, 4.69) is 6.92 Å². The van der Waals surface area contributed by atoms with Crippen LogP contribution in [0.25, 0.3) is 0 Å².